The highest BCUT2D eigenvalue weighted by Gasteiger charge is 2.01. The van der Waals surface area contributed by atoms with E-state index in [2.05, 4.69) is 11.3 Å². The number of carbonyl (C=O) groups excluding carboxylic acids is 1. The molecule has 1 unspecified atom stereocenters. The van der Waals surface area contributed by atoms with E-state index >= 15 is 0 Å². The normalized spacial score (nSPS) is 12.2. The summed E-state index contributed by atoms with van der Waals surface area (Å²) in [6, 6.07) is 0. The predicted octanol–water partition coefficient (Wildman–Crippen LogP) is -0.151. The largest absolute Gasteiger partial charge is 0.463 e. The Labute approximate surface area is 71.5 Å². The monoisotopic (exact) mass is 174 g/mol. The van der Waals surface area contributed by atoms with E-state index in [1.807, 2.05) is 0 Å². The van der Waals surface area contributed by atoms with Crippen LogP contribution < -0.4 is 0 Å². The standard InChI is InChI=1S/C8H14O4/c1-2-8(11)12-5-3-4-7(10)6-9/h2,7,9-10H,1,3-6H2. The summed E-state index contributed by atoms with van der Waals surface area (Å²) >= 11 is 0. The number of carbonyl (C=O) groups is 1. The minimum Gasteiger partial charge on any atom is -0.463 e. The van der Waals surface area contributed by atoms with Crippen molar-refractivity contribution in [3.05, 3.63) is 12.7 Å². The van der Waals surface area contributed by atoms with E-state index in [-0.39, 0.29) is 13.2 Å². The predicted molar refractivity (Wildman–Crippen MR) is 43.5 cm³/mol. The number of ether oxygens (including phenoxy) is 1. The molecule has 0 fully saturated rings. The van der Waals surface area contributed by atoms with Crippen molar-refractivity contribution in [1.29, 1.82) is 0 Å². The number of esters is 1. The van der Waals surface area contributed by atoms with Gasteiger partial charge in [0.15, 0.2) is 0 Å². The lowest BCUT2D eigenvalue weighted by Crippen LogP contribution is -2.13. The highest BCUT2D eigenvalue weighted by molar-refractivity contribution is 5.81. The molecule has 0 aromatic carbocycles. The molecule has 0 aliphatic rings. The van der Waals surface area contributed by atoms with Crippen molar-refractivity contribution in [1.82, 2.24) is 0 Å². The van der Waals surface area contributed by atoms with Gasteiger partial charge in [-0.2, -0.15) is 0 Å². The first-order valence-corrected chi connectivity index (χ1v) is 3.78. The molecule has 0 saturated heterocycles. The van der Waals surface area contributed by atoms with Crippen LogP contribution in [0.25, 0.3) is 0 Å². The molecule has 12 heavy (non-hydrogen) atoms. The van der Waals surface area contributed by atoms with Crippen LogP contribution in [0.15, 0.2) is 12.7 Å². The molecule has 1 atom stereocenters. The molecule has 0 aliphatic heterocycles. The average Bonchev–Trinajstić information content (AvgIpc) is 2.11. The van der Waals surface area contributed by atoms with E-state index in [4.69, 9.17) is 10.2 Å². The Bertz CT molecular complexity index is 144. The molecule has 0 aromatic rings. The van der Waals surface area contributed by atoms with Crippen LogP contribution in [0.1, 0.15) is 12.8 Å². The highest BCUT2D eigenvalue weighted by Crippen LogP contribution is 1.96. The lowest BCUT2D eigenvalue weighted by atomic mass is 10.2. The van der Waals surface area contributed by atoms with E-state index in [0.717, 1.165) is 6.08 Å². The Balaban J connectivity index is 3.21. The maximum Gasteiger partial charge on any atom is 0.330 e. The van der Waals surface area contributed by atoms with Crippen LogP contribution in [-0.2, 0) is 9.53 Å². The van der Waals surface area contributed by atoms with Gasteiger partial charge in [-0.3, -0.25) is 0 Å². The molecule has 0 bridgehead atoms. The van der Waals surface area contributed by atoms with Crippen LogP contribution in [0.4, 0.5) is 0 Å². The third-order valence-corrected chi connectivity index (χ3v) is 1.30. The third kappa shape index (κ3) is 5.88. The molecule has 0 aromatic heterocycles. The Morgan fingerprint density at radius 3 is 2.83 bits per heavy atom. The Kier molecular flexibility index (Phi) is 6.32. The number of aliphatic hydroxyl groups excluding tert-OH is 2. The summed E-state index contributed by atoms with van der Waals surface area (Å²) < 4.78 is 4.64. The van der Waals surface area contributed by atoms with Crippen LogP contribution in [0.3, 0.4) is 0 Å². The van der Waals surface area contributed by atoms with Crippen LogP contribution in [0.5, 0.6) is 0 Å². The summed E-state index contributed by atoms with van der Waals surface area (Å²) in [7, 11) is 0. The maximum absolute atomic E-state index is 10.5. The molecule has 0 aliphatic carbocycles. The fraction of sp³-hybridized carbons (Fsp3) is 0.625. The van der Waals surface area contributed by atoms with Crippen molar-refractivity contribution in [2.45, 2.75) is 18.9 Å². The van der Waals surface area contributed by atoms with Gasteiger partial charge in [0.05, 0.1) is 19.3 Å². The zero-order valence-electron chi connectivity index (χ0n) is 6.90. The van der Waals surface area contributed by atoms with Gasteiger partial charge < -0.3 is 14.9 Å². The molecule has 0 rings (SSSR count). The Morgan fingerprint density at radius 1 is 1.67 bits per heavy atom. The summed E-state index contributed by atoms with van der Waals surface area (Å²) in [6.07, 6.45) is 1.34. The SMILES string of the molecule is C=CC(=O)OCCCC(O)CO. The molecule has 0 amide bonds. The first kappa shape index (κ1) is 11.1. The second-order valence-electron chi connectivity index (χ2n) is 2.35. The molecule has 0 spiro atoms. The lowest BCUT2D eigenvalue weighted by molar-refractivity contribution is -0.138. The number of hydrogen-bond acceptors (Lipinski definition) is 4. The molecular formula is C8H14O4. The van der Waals surface area contributed by atoms with Gasteiger partial charge in [-0.15, -0.1) is 0 Å². The van der Waals surface area contributed by atoms with E-state index < -0.39 is 12.1 Å². The summed E-state index contributed by atoms with van der Waals surface area (Å²) in [6.45, 7) is 3.22. The van der Waals surface area contributed by atoms with Crippen LogP contribution in [0, 0.1) is 0 Å². The van der Waals surface area contributed by atoms with Gasteiger partial charge in [0.2, 0.25) is 0 Å². The van der Waals surface area contributed by atoms with Crippen molar-refractivity contribution >= 4 is 5.97 Å². The molecule has 4 heteroatoms. The summed E-state index contributed by atoms with van der Waals surface area (Å²) in [5.74, 6) is -0.464. The molecule has 2 N–H and O–H groups in total. The van der Waals surface area contributed by atoms with Gasteiger partial charge in [0.1, 0.15) is 0 Å². The van der Waals surface area contributed by atoms with Gasteiger partial charge in [-0.1, -0.05) is 6.58 Å². The molecule has 4 nitrogen and oxygen atoms in total. The quantitative estimate of drug-likeness (QED) is 0.334. The Morgan fingerprint density at radius 2 is 2.33 bits per heavy atom. The number of hydrogen-bond donors (Lipinski definition) is 2. The molecule has 0 radical (unpaired) electrons. The first-order chi connectivity index (χ1) is 5.70. The molecule has 70 valence electrons. The summed E-state index contributed by atoms with van der Waals surface area (Å²) in [5, 5.41) is 17.3. The minimum absolute atomic E-state index is 0.252. The first-order valence-electron chi connectivity index (χ1n) is 3.78. The molecular weight excluding hydrogens is 160 g/mol. The van der Waals surface area contributed by atoms with E-state index in [1.165, 1.54) is 0 Å². The van der Waals surface area contributed by atoms with Gasteiger partial charge in [-0.05, 0) is 12.8 Å². The second-order valence-corrected chi connectivity index (χ2v) is 2.35. The van der Waals surface area contributed by atoms with Gasteiger partial charge in [0, 0.05) is 6.08 Å². The average molecular weight is 174 g/mol. The summed E-state index contributed by atoms with van der Waals surface area (Å²) in [4.78, 5) is 10.5. The third-order valence-electron chi connectivity index (χ3n) is 1.30. The van der Waals surface area contributed by atoms with Crippen molar-refractivity contribution in [2.24, 2.45) is 0 Å². The van der Waals surface area contributed by atoms with Crippen molar-refractivity contribution < 1.29 is 19.7 Å². The van der Waals surface area contributed by atoms with Gasteiger partial charge in [0.25, 0.3) is 0 Å². The topological polar surface area (TPSA) is 66.8 Å². The second kappa shape index (κ2) is 6.82. The fourth-order valence-electron chi connectivity index (χ4n) is 0.642. The van der Waals surface area contributed by atoms with Gasteiger partial charge >= 0.3 is 5.97 Å². The smallest absolute Gasteiger partial charge is 0.330 e. The fourth-order valence-corrected chi connectivity index (χ4v) is 0.642. The van der Waals surface area contributed by atoms with Crippen molar-refractivity contribution in [3.8, 4) is 0 Å². The van der Waals surface area contributed by atoms with Crippen molar-refractivity contribution in [3.63, 3.8) is 0 Å². The summed E-state index contributed by atoms with van der Waals surface area (Å²) in [5.41, 5.74) is 0. The van der Waals surface area contributed by atoms with E-state index in [1.54, 1.807) is 0 Å². The van der Waals surface area contributed by atoms with E-state index in [9.17, 15) is 4.79 Å². The van der Waals surface area contributed by atoms with Gasteiger partial charge in [-0.25, -0.2) is 4.79 Å². The van der Waals surface area contributed by atoms with E-state index in [0.29, 0.717) is 12.8 Å². The zero-order valence-corrected chi connectivity index (χ0v) is 6.90. The van der Waals surface area contributed by atoms with Crippen molar-refractivity contribution in [2.75, 3.05) is 13.2 Å². The maximum atomic E-state index is 10.5. The number of rotatable bonds is 6. The molecule has 0 heterocycles. The van der Waals surface area contributed by atoms with Crippen LogP contribution >= 0.6 is 0 Å². The molecule has 0 saturated carbocycles. The Hall–Kier alpha value is -0.870. The van der Waals surface area contributed by atoms with Crippen LogP contribution in [-0.4, -0.2) is 35.5 Å². The number of aliphatic hydroxyl groups is 2. The van der Waals surface area contributed by atoms with Crippen LogP contribution in [0.2, 0.25) is 0 Å². The zero-order chi connectivity index (χ0) is 9.40. The lowest BCUT2D eigenvalue weighted by Gasteiger charge is -2.05. The highest BCUT2D eigenvalue weighted by atomic mass is 16.5. The minimum atomic E-state index is -0.715.